The van der Waals surface area contributed by atoms with Crippen LogP contribution in [0.25, 0.3) is 0 Å². The Morgan fingerprint density at radius 3 is 2.10 bits per heavy atom. The van der Waals surface area contributed by atoms with Gasteiger partial charge in [-0.2, -0.15) is 0 Å². The first kappa shape index (κ1) is 6.97. The van der Waals surface area contributed by atoms with Gasteiger partial charge in [0.2, 0.25) is 0 Å². The molecular weight excluding hydrogens is 144 g/mol. The van der Waals surface area contributed by atoms with Crippen LogP contribution in [0.2, 0.25) is 0 Å². The van der Waals surface area contributed by atoms with Crippen LogP contribution in [0.1, 0.15) is 38.5 Å². The summed E-state index contributed by atoms with van der Waals surface area (Å²) in [5.74, 6) is 1.93. The van der Waals surface area contributed by atoms with Gasteiger partial charge in [0.05, 0.1) is 0 Å². The van der Waals surface area contributed by atoms with E-state index in [1.807, 2.05) is 0 Å². The first-order valence-corrected chi connectivity index (χ1v) is 4.95. The number of alkyl halides is 1. The minimum Gasteiger partial charge on any atom is -0.123 e. The summed E-state index contributed by atoms with van der Waals surface area (Å²) < 4.78 is 0. The van der Waals surface area contributed by atoms with Gasteiger partial charge in [-0.3, -0.25) is 0 Å². The average molecular weight is 159 g/mol. The topological polar surface area (TPSA) is 0 Å². The van der Waals surface area contributed by atoms with Crippen LogP contribution in [0.3, 0.4) is 0 Å². The maximum absolute atomic E-state index is 5.99. The normalized spacial score (nSPS) is 41.7. The highest BCUT2D eigenvalue weighted by Gasteiger charge is 2.41. The fourth-order valence-corrected chi connectivity index (χ4v) is 2.64. The molecular formula is C9H15Cl. The van der Waals surface area contributed by atoms with E-state index in [1.54, 1.807) is 0 Å². The SMILES string of the molecule is ClC1CC1C1CCCCC1. The van der Waals surface area contributed by atoms with Gasteiger partial charge in [-0.05, 0) is 18.3 Å². The summed E-state index contributed by atoms with van der Waals surface area (Å²) in [6.45, 7) is 0. The fourth-order valence-electron chi connectivity index (χ4n) is 2.23. The molecule has 0 aromatic rings. The fraction of sp³-hybridized carbons (Fsp3) is 1.00. The van der Waals surface area contributed by atoms with Crippen LogP contribution in [-0.2, 0) is 0 Å². The predicted molar refractivity (Wildman–Crippen MR) is 44.3 cm³/mol. The van der Waals surface area contributed by atoms with Crippen molar-refractivity contribution in [1.29, 1.82) is 0 Å². The van der Waals surface area contributed by atoms with Crippen LogP contribution in [0.15, 0.2) is 0 Å². The zero-order valence-corrected chi connectivity index (χ0v) is 7.11. The molecule has 2 unspecified atom stereocenters. The predicted octanol–water partition coefficient (Wildman–Crippen LogP) is 3.19. The summed E-state index contributed by atoms with van der Waals surface area (Å²) >= 11 is 5.99. The van der Waals surface area contributed by atoms with Crippen LogP contribution < -0.4 is 0 Å². The molecule has 0 radical (unpaired) electrons. The van der Waals surface area contributed by atoms with Crippen molar-refractivity contribution in [2.75, 3.05) is 0 Å². The quantitative estimate of drug-likeness (QED) is 0.515. The van der Waals surface area contributed by atoms with Gasteiger partial charge in [0.25, 0.3) is 0 Å². The van der Waals surface area contributed by atoms with Crippen LogP contribution in [-0.4, -0.2) is 5.38 Å². The number of rotatable bonds is 1. The van der Waals surface area contributed by atoms with Gasteiger partial charge in [0.15, 0.2) is 0 Å². The highest BCUT2D eigenvalue weighted by Crippen LogP contribution is 2.47. The summed E-state index contributed by atoms with van der Waals surface area (Å²) in [6.07, 6.45) is 8.64. The lowest BCUT2D eigenvalue weighted by Crippen LogP contribution is -2.09. The van der Waals surface area contributed by atoms with E-state index >= 15 is 0 Å². The smallest absolute Gasteiger partial charge is 0.0370 e. The van der Waals surface area contributed by atoms with E-state index in [0.717, 1.165) is 11.8 Å². The average Bonchev–Trinajstić information content (AvgIpc) is 2.69. The van der Waals surface area contributed by atoms with E-state index in [-0.39, 0.29) is 0 Å². The van der Waals surface area contributed by atoms with Crippen molar-refractivity contribution in [2.24, 2.45) is 11.8 Å². The Labute approximate surface area is 68.0 Å². The molecule has 0 N–H and O–H groups in total. The summed E-state index contributed by atoms with van der Waals surface area (Å²) in [5.41, 5.74) is 0. The van der Waals surface area contributed by atoms with E-state index in [1.165, 1.54) is 38.5 Å². The molecule has 0 nitrogen and oxygen atoms in total. The lowest BCUT2D eigenvalue weighted by atomic mass is 9.86. The second-order valence-electron chi connectivity index (χ2n) is 3.81. The minimum absolute atomic E-state index is 0.558. The maximum Gasteiger partial charge on any atom is 0.0370 e. The van der Waals surface area contributed by atoms with Crippen molar-refractivity contribution in [3.05, 3.63) is 0 Å². The van der Waals surface area contributed by atoms with Gasteiger partial charge in [-0.1, -0.05) is 32.1 Å². The summed E-state index contributed by atoms with van der Waals surface area (Å²) in [5, 5.41) is 0.558. The van der Waals surface area contributed by atoms with Crippen LogP contribution in [0.5, 0.6) is 0 Å². The summed E-state index contributed by atoms with van der Waals surface area (Å²) in [6, 6.07) is 0. The molecule has 2 fully saturated rings. The molecule has 2 rings (SSSR count). The summed E-state index contributed by atoms with van der Waals surface area (Å²) in [7, 11) is 0. The third kappa shape index (κ3) is 1.32. The van der Waals surface area contributed by atoms with E-state index in [0.29, 0.717) is 5.38 Å². The molecule has 2 atom stereocenters. The standard InChI is InChI=1S/C9H15Cl/c10-9-6-8(9)7-4-2-1-3-5-7/h7-9H,1-6H2. The first-order chi connectivity index (χ1) is 4.88. The van der Waals surface area contributed by atoms with Crippen LogP contribution in [0, 0.1) is 11.8 Å². The Hall–Kier alpha value is 0.290. The van der Waals surface area contributed by atoms with Crippen molar-refractivity contribution in [2.45, 2.75) is 43.9 Å². The Morgan fingerprint density at radius 2 is 1.60 bits per heavy atom. The second-order valence-corrected chi connectivity index (χ2v) is 4.37. The largest absolute Gasteiger partial charge is 0.123 e. The lowest BCUT2D eigenvalue weighted by molar-refractivity contribution is 0.323. The minimum atomic E-state index is 0.558. The molecule has 10 heavy (non-hydrogen) atoms. The molecule has 0 spiro atoms. The molecule has 0 aliphatic heterocycles. The van der Waals surface area contributed by atoms with Crippen molar-refractivity contribution < 1.29 is 0 Å². The first-order valence-electron chi connectivity index (χ1n) is 4.52. The third-order valence-electron chi connectivity index (χ3n) is 3.01. The van der Waals surface area contributed by atoms with Crippen molar-refractivity contribution in [1.82, 2.24) is 0 Å². The van der Waals surface area contributed by atoms with E-state index < -0.39 is 0 Å². The van der Waals surface area contributed by atoms with Gasteiger partial charge in [-0.25, -0.2) is 0 Å². The van der Waals surface area contributed by atoms with Gasteiger partial charge in [0, 0.05) is 5.38 Å². The highest BCUT2D eigenvalue weighted by atomic mass is 35.5. The second kappa shape index (κ2) is 2.73. The molecule has 58 valence electrons. The molecule has 0 aromatic carbocycles. The zero-order chi connectivity index (χ0) is 6.97. The Kier molecular flexibility index (Phi) is 1.90. The van der Waals surface area contributed by atoms with Crippen molar-refractivity contribution >= 4 is 11.6 Å². The monoisotopic (exact) mass is 158 g/mol. The van der Waals surface area contributed by atoms with Crippen LogP contribution >= 0.6 is 11.6 Å². The molecule has 0 bridgehead atoms. The van der Waals surface area contributed by atoms with Gasteiger partial charge >= 0.3 is 0 Å². The van der Waals surface area contributed by atoms with E-state index in [9.17, 15) is 0 Å². The zero-order valence-electron chi connectivity index (χ0n) is 6.35. The van der Waals surface area contributed by atoms with Crippen molar-refractivity contribution in [3.63, 3.8) is 0 Å². The molecule has 0 heterocycles. The molecule has 0 amide bonds. The Morgan fingerprint density at radius 1 is 1.00 bits per heavy atom. The van der Waals surface area contributed by atoms with Gasteiger partial charge in [-0.15, -0.1) is 11.6 Å². The highest BCUT2D eigenvalue weighted by molar-refractivity contribution is 6.22. The van der Waals surface area contributed by atoms with Crippen LogP contribution in [0.4, 0.5) is 0 Å². The molecule has 2 aliphatic rings. The molecule has 2 aliphatic carbocycles. The Bertz CT molecular complexity index is 116. The molecule has 2 saturated carbocycles. The molecule has 0 aromatic heterocycles. The molecule has 1 heteroatoms. The third-order valence-corrected chi connectivity index (χ3v) is 3.52. The van der Waals surface area contributed by atoms with Gasteiger partial charge in [0.1, 0.15) is 0 Å². The summed E-state index contributed by atoms with van der Waals surface area (Å²) in [4.78, 5) is 0. The Balaban J connectivity index is 1.81. The lowest BCUT2D eigenvalue weighted by Gasteiger charge is -2.20. The number of hydrogen-bond acceptors (Lipinski definition) is 0. The number of halogens is 1. The van der Waals surface area contributed by atoms with E-state index in [4.69, 9.17) is 11.6 Å². The molecule has 0 saturated heterocycles. The van der Waals surface area contributed by atoms with Gasteiger partial charge < -0.3 is 0 Å². The number of hydrogen-bond donors (Lipinski definition) is 0. The van der Waals surface area contributed by atoms with E-state index in [2.05, 4.69) is 0 Å². The maximum atomic E-state index is 5.99. The van der Waals surface area contributed by atoms with Crippen molar-refractivity contribution in [3.8, 4) is 0 Å².